The average Bonchev–Trinajstić information content (AvgIpc) is 2.79. The lowest BCUT2D eigenvalue weighted by molar-refractivity contribution is 0.00578. The highest BCUT2D eigenvalue weighted by molar-refractivity contribution is 6.63. The first-order valence-corrected chi connectivity index (χ1v) is 8.46. The molecule has 3 rings (SSSR count). The molecule has 8 heteroatoms. The Kier molecular flexibility index (Phi) is 4.73. The molecule has 1 aliphatic heterocycles. The largest absolute Gasteiger partial charge is 0.498 e. The van der Waals surface area contributed by atoms with Crippen molar-refractivity contribution in [2.45, 2.75) is 38.9 Å². The van der Waals surface area contributed by atoms with Gasteiger partial charge in [-0.25, -0.2) is 8.78 Å². The molecule has 0 saturated carbocycles. The van der Waals surface area contributed by atoms with Gasteiger partial charge in [0.2, 0.25) is 0 Å². The Morgan fingerprint density at radius 2 is 1.67 bits per heavy atom. The van der Waals surface area contributed by atoms with E-state index in [0.29, 0.717) is 16.7 Å². The molecule has 142 valence electrons. The zero-order valence-corrected chi connectivity index (χ0v) is 15.6. The molecule has 1 saturated heterocycles. The molecule has 2 aromatic rings. The fraction of sp³-hybridized carbons (Fsp3) is 0.316. The van der Waals surface area contributed by atoms with E-state index in [2.05, 4.69) is 0 Å². The van der Waals surface area contributed by atoms with Gasteiger partial charge in [0, 0.05) is 29.0 Å². The summed E-state index contributed by atoms with van der Waals surface area (Å²) in [7, 11) is -0.796. The zero-order valence-electron chi connectivity index (χ0n) is 15.6. The van der Waals surface area contributed by atoms with Crippen molar-refractivity contribution in [2.75, 3.05) is 5.73 Å². The molecule has 0 bridgehead atoms. The number of nitrogens with two attached hydrogens (primary N) is 1. The molecule has 27 heavy (non-hydrogen) atoms. The summed E-state index contributed by atoms with van der Waals surface area (Å²) in [5.41, 5.74) is 6.01. The van der Waals surface area contributed by atoms with Crippen LogP contribution in [-0.2, 0) is 9.31 Å². The number of nitrogen functional groups attached to an aromatic ring is 1. The Morgan fingerprint density at radius 1 is 1.04 bits per heavy atom. The molecule has 0 unspecified atom stereocenters. The molecule has 1 aliphatic rings. The van der Waals surface area contributed by atoms with Gasteiger partial charge in [-0.05, 0) is 52.0 Å². The maximum Gasteiger partial charge on any atom is 0.498 e. The van der Waals surface area contributed by atoms with Crippen molar-refractivity contribution < 1.29 is 22.8 Å². The minimum absolute atomic E-state index is 0.158. The van der Waals surface area contributed by atoms with Crippen molar-refractivity contribution in [1.82, 2.24) is 0 Å². The number of hydrogen-bond acceptors (Lipinski definition) is 5. The van der Waals surface area contributed by atoms with Crippen molar-refractivity contribution >= 4 is 24.5 Å². The summed E-state index contributed by atoms with van der Waals surface area (Å²) in [6.07, 6.45) is 1.07. The predicted octanol–water partition coefficient (Wildman–Crippen LogP) is 3.64. The molecule has 0 radical (unpaired) electrons. The van der Waals surface area contributed by atoms with Gasteiger partial charge < -0.3 is 25.2 Å². The van der Waals surface area contributed by atoms with E-state index in [4.69, 9.17) is 25.2 Å². The summed E-state index contributed by atoms with van der Waals surface area (Å²) < 4.78 is 45.0. The van der Waals surface area contributed by atoms with Crippen LogP contribution < -0.4 is 15.9 Å². The van der Waals surface area contributed by atoms with Gasteiger partial charge in [-0.3, -0.25) is 0 Å². The third-order valence-corrected chi connectivity index (χ3v) is 4.99. The SMILES string of the molecule is CC1(C)OB(c2cc(N)c(C=N)cc2Oc2ccc(F)cc2F)OC1(C)C. The third kappa shape index (κ3) is 3.55. The predicted molar refractivity (Wildman–Crippen MR) is 101 cm³/mol. The topological polar surface area (TPSA) is 77.6 Å². The lowest BCUT2D eigenvalue weighted by atomic mass is 9.77. The number of hydrogen-bond donors (Lipinski definition) is 2. The molecular weight excluding hydrogens is 353 g/mol. The summed E-state index contributed by atoms with van der Waals surface area (Å²) in [6.45, 7) is 7.62. The van der Waals surface area contributed by atoms with E-state index in [9.17, 15) is 8.78 Å². The van der Waals surface area contributed by atoms with Crippen LogP contribution in [0, 0.1) is 17.0 Å². The summed E-state index contributed by atoms with van der Waals surface area (Å²) in [4.78, 5) is 0. The molecule has 0 atom stereocenters. The maximum absolute atomic E-state index is 14.1. The van der Waals surface area contributed by atoms with Gasteiger partial charge in [-0.1, -0.05) is 0 Å². The minimum atomic E-state index is -0.844. The van der Waals surface area contributed by atoms with E-state index in [-0.39, 0.29) is 11.5 Å². The van der Waals surface area contributed by atoms with E-state index < -0.39 is 30.0 Å². The second kappa shape index (κ2) is 6.62. The van der Waals surface area contributed by atoms with Gasteiger partial charge in [0.25, 0.3) is 0 Å². The van der Waals surface area contributed by atoms with Crippen LogP contribution in [-0.4, -0.2) is 24.5 Å². The normalized spacial score (nSPS) is 17.8. The van der Waals surface area contributed by atoms with Crippen LogP contribution in [0.1, 0.15) is 33.3 Å². The first-order valence-electron chi connectivity index (χ1n) is 8.46. The van der Waals surface area contributed by atoms with Crippen molar-refractivity contribution in [2.24, 2.45) is 0 Å². The highest BCUT2D eigenvalue weighted by atomic mass is 19.1. The Morgan fingerprint density at radius 3 is 2.22 bits per heavy atom. The average molecular weight is 374 g/mol. The molecule has 2 aromatic carbocycles. The second-order valence-corrected chi connectivity index (χ2v) is 7.43. The molecule has 1 fully saturated rings. The molecule has 0 amide bonds. The highest BCUT2D eigenvalue weighted by Crippen LogP contribution is 2.38. The smallest absolute Gasteiger partial charge is 0.455 e. The Labute approximate surface area is 157 Å². The van der Waals surface area contributed by atoms with Crippen molar-refractivity contribution in [3.63, 3.8) is 0 Å². The fourth-order valence-corrected chi connectivity index (χ4v) is 2.67. The molecule has 0 aromatic heterocycles. The molecule has 1 heterocycles. The quantitative estimate of drug-likeness (QED) is 0.487. The van der Waals surface area contributed by atoms with E-state index in [1.54, 1.807) is 6.07 Å². The van der Waals surface area contributed by atoms with E-state index in [1.165, 1.54) is 12.1 Å². The fourth-order valence-electron chi connectivity index (χ4n) is 2.67. The molecular formula is C19H21BF2N2O3. The van der Waals surface area contributed by atoms with Gasteiger partial charge in [0.1, 0.15) is 11.6 Å². The van der Waals surface area contributed by atoms with Crippen molar-refractivity contribution in [1.29, 1.82) is 5.41 Å². The zero-order chi connectivity index (χ0) is 20.0. The first-order chi connectivity index (χ1) is 12.5. The molecule has 0 aliphatic carbocycles. The van der Waals surface area contributed by atoms with Gasteiger partial charge in [-0.2, -0.15) is 0 Å². The molecule has 0 spiro atoms. The highest BCUT2D eigenvalue weighted by Gasteiger charge is 2.52. The standard InChI is InChI=1S/C19H21BF2N2O3/c1-18(2)19(3,4)27-20(26-18)13-9-15(24)11(10-23)7-17(13)25-16-6-5-12(21)8-14(16)22/h5-10,23H,24H2,1-4H3. The number of rotatable bonds is 4. The van der Waals surface area contributed by atoms with E-state index in [1.807, 2.05) is 27.7 Å². The second-order valence-electron chi connectivity index (χ2n) is 7.43. The number of ether oxygens (including phenoxy) is 1. The Hall–Kier alpha value is -2.45. The number of halogens is 2. The van der Waals surface area contributed by atoms with Gasteiger partial charge in [0.15, 0.2) is 11.6 Å². The van der Waals surface area contributed by atoms with E-state index >= 15 is 0 Å². The summed E-state index contributed by atoms with van der Waals surface area (Å²) in [6, 6.07) is 6.12. The van der Waals surface area contributed by atoms with Crippen LogP contribution in [0.2, 0.25) is 0 Å². The van der Waals surface area contributed by atoms with Crippen molar-refractivity contribution in [3.05, 3.63) is 47.5 Å². The number of anilines is 1. The number of nitrogens with one attached hydrogen (secondary N) is 1. The Bertz CT molecular complexity index is 887. The minimum Gasteiger partial charge on any atom is -0.455 e. The lowest BCUT2D eigenvalue weighted by Crippen LogP contribution is -2.41. The van der Waals surface area contributed by atoms with Crippen molar-refractivity contribution in [3.8, 4) is 11.5 Å². The van der Waals surface area contributed by atoms with Crippen LogP contribution in [0.25, 0.3) is 0 Å². The van der Waals surface area contributed by atoms with Crippen LogP contribution >= 0.6 is 0 Å². The van der Waals surface area contributed by atoms with Crippen LogP contribution in [0.5, 0.6) is 11.5 Å². The van der Waals surface area contributed by atoms with Crippen LogP contribution in [0.4, 0.5) is 14.5 Å². The van der Waals surface area contributed by atoms with Gasteiger partial charge >= 0.3 is 7.12 Å². The third-order valence-electron chi connectivity index (χ3n) is 4.99. The van der Waals surface area contributed by atoms with Gasteiger partial charge in [-0.15, -0.1) is 0 Å². The summed E-state index contributed by atoms with van der Waals surface area (Å²) in [5.74, 6) is -1.49. The first kappa shape index (κ1) is 19.3. The summed E-state index contributed by atoms with van der Waals surface area (Å²) in [5, 5.41) is 7.49. The maximum atomic E-state index is 14.1. The molecule has 5 nitrogen and oxygen atoms in total. The van der Waals surface area contributed by atoms with Gasteiger partial charge in [0.05, 0.1) is 11.2 Å². The molecule has 3 N–H and O–H groups in total. The monoisotopic (exact) mass is 374 g/mol. The Balaban J connectivity index is 2.06. The van der Waals surface area contributed by atoms with Crippen LogP contribution in [0.15, 0.2) is 30.3 Å². The summed E-state index contributed by atoms with van der Waals surface area (Å²) >= 11 is 0. The van der Waals surface area contributed by atoms with Crippen LogP contribution in [0.3, 0.4) is 0 Å². The number of benzene rings is 2. The van der Waals surface area contributed by atoms with E-state index in [0.717, 1.165) is 18.3 Å². The lowest BCUT2D eigenvalue weighted by Gasteiger charge is -2.32.